The van der Waals surface area contributed by atoms with Crippen molar-refractivity contribution in [2.45, 2.75) is 83.7 Å². The number of anilines is 1. The zero-order chi connectivity index (χ0) is 24.5. The molecule has 3 N–H and O–H groups in total. The highest BCUT2D eigenvalue weighted by Crippen LogP contribution is 2.43. The number of rotatable bonds is 5. The number of nitrogens with zero attached hydrogens (tertiary/aromatic N) is 1. The maximum atomic E-state index is 13.1. The molecule has 184 valence electrons. The van der Waals surface area contributed by atoms with E-state index in [-0.39, 0.29) is 29.8 Å². The van der Waals surface area contributed by atoms with Gasteiger partial charge in [-0.25, -0.2) is 4.79 Å². The predicted octanol–water partition coefficient (Wildman–Crippen LogP) is 3.82. The van der Waals surface area contributed by atoms with E-state index in [2.05, 4.69) is 36.7 Å². The number of benzene rings is 1. The van der Waals surface area contributed by atoms with Crippen LogP contribution in [-0.2, 0) is 9.59 Å². The van der Waals surface area contributed by atoms with Crippen molar-refractivity contribution >= 4 is 29.4 Å². The number of carbonyl (C=O) groups is 4. The Bertz CT molecular complexity index is 952. The van der Waals surface area contributed by atoms with Crippen molar-refractivity contribution in [3.05, 3.63) is 29.8 Å². The molecule has 0 radical (unpaired) electrons. The van der Waals surface area contributed by atoms with Crippen LogP contribution in [0.4, 0.5) is 10.5 Å². The van der Waals surface area contributed by atoms with Crippen molar-refractivity contribution in [2.75, 3.05) is 11.9 Å². The van der Waals surface area contributed by atoms with Gasteiger partial charge in [0.05, 0.1) is 0 Å². The van der Waals surface area contributed by atoms with Crippen molar-refractivity contribution in [1.82, 2.24) is 15.5 Å². The summed E-state index contributed by atoms with van der Waals surface area (Å²) in [6.45, 7) is 6.28. The molecule has 1 aromatic carbocycles. The second-order valence-electron chi connectivity index (χ2n) is 11.1. The van der Waals surface area contributed by atoms with E-state index in [0.29, 0.717) is 30.0 Å². The smallest absolute Gasteiger partial charge is 0.325 e. The van der Waals surface area contributed by atoms with Crippen molar-refractivity contribution < 1.29 is 19.2 Å². The summed E-state index contributed by atoms with van der Waals surface area (Å²) in [4.78, 5) is 51.7. The lowest BCUT2D eigenvalue weighted by Gasteiger charge is -2.40. The summed E-state index contributed by atoms with van der Waals surface area (Å²) in [7, 11) is 0. The Kier molecular flexibility index (Phi) is 6.69. The lowest BCUT2D eigenvalue weighted by molar-refractivity contribution is -0.135. The largest absolute Gasteiger partial charge is 0.349 e. The van der Waals surface area contributed by atoms with Crippen molar-refractivity contribution in [1.29, 1.82) is 0 Å². The second-order valence-corrected chi connectivity index (χ2v) is 11.1. The number of hydrogen-bond donors (Lipinski definition) is 3. The lowest BCUT2D eigenvalue weighted by atomic mass is 9.67. The van der Waals surface area contributed by atoms with Gasteiger partial charge in [-0.05, 0) is 74.1 Å². The Labute approximate surface area is 201 Å². The van der Waals surface area contributed by atoms with E-state index in [1.165, 1.54) is 0 Å². The fraction of sp³-hybridized carbons (Fsp3) is 0.615. The van der Waals surface area contributed by atoms with E-state index in [1.54, 1.807) is 24.3 Å². The fourth-order valence-corrected chi connectivity index (χ4v) is 5.52. The molecule has 0 aromatic heterocycles. The molecule has 8 nitrogen and oxygen atoms in total. The second kappa shape index (κ2) is 9.39. The number of hydrogen-bond acceptors (Lipinski definition) is 4. The van der Waals surface area contributed by atoms with Gasteiger partial charge in [0, 0.05) is 17.3 Å². The first kappa shape index (κ1) is 24.2. The summed E-state index contributed by atoms with van der Waals surface area (Å²) in [5, 5.41) is 8.63. The third kappa shape index (κ3) is 5.10. The van der Waals surface area contributed by atoms with Crippen LogP contribution < -0.4 is 16.0 Å². The van der Waals surface area contributed by atoms with Gasteiger partial charge in [-0.15, -0.1) is 0 Å². The van der Waals surface area contributed by atoms with Crippen LogP contribution in [0, 0.1) is 11.3 Å². The standard InChI is InChI=1S/C26H36N4O4/c1-25(2,3)18-12-14-26(15-13-18)23(33)30(24(34)29-26)16-21(31)27-20-10-8-17(9-11-20)22(32)28-19-6-4-5-7-19/h8-11,18-19H,4-7,12-16H2,1-3H3,(H,27,31)(H,28,32)(H,29,34). The van der Waals surface area contributed by atoms with Crippen molar-refractivity contribution in [2.24, 2.45) is 11.3 Å². The first-order chi connectivity index (χ1) is 16.1. The molecule has 5 amide bonds. The number of urea groups is 1. The zero-order valence-electron chi connectivity index (χ0n) is 20.4. The van der Waals surface area contributed by atoms with Gasteiger partial charge in [0.1, 0.15) is 12.1 Å². The Morgan fingerprint density at radius 2 is 1.65 bits per heavy atom. The molecule has 8 heteroatoms. The first-order valence-electron chi connectivity index (χ1n) is 12.4. The van der Waals surface area contributed by atoms with Gasteiger partial charge < -0.3 is 16.0 Å². The molecular formula is C26H36N4O4. The first-order valence-corrected chi connectivity index (χ1v) is 12.4. The van der Waals surface area contributed by atoms with E-state index >= 15 is 0 Å². The predicted molar refractivity (Wildman–Crippen MR) is 129 cm³/mol. The van der Waals surface area contributed by atoms with Gasteiger partial charge in [0.25, 0.3) is 11.8 Å². The third-order valence-corrected chi connectivity index (χ3v) is 7.73. The molecule has 34 heavy (non-hydrogen) atoms. The van der Waals surface area contributed by atoms with Crippen LogP contribution in [0.2, 0.25) is 0 Å². The Balaban J connectivity index is 1.31. The Hall–Kier alpha value is -2.90. The number of amides is 5. The minimum Gasteiger partial charge on any atom is -0.349 e. The summed E-state index contributed by atoms with van der Waals surface area (Å²) in [5.41, 5.74) is 0.328. The molecule has 1 spiro atoms. The Morgan fingerprint density at radius 3 is 2.24 bits per heavy atom. The summed E-state index contributed by atoms with van der Waals surface area (Å²) in [5.74, 6) is -0.370. The van der Waals surface area contributed by atoms with Gasteiger partial charge in [-0.2, -0.15) is 0 Å². The minimum absolute atomic E-state index is 0.115. The molecule has 1 aliphatic heterocycles. The van der Waals surface area contributed by atoms with Crippen molar-refractivity contribution in [3.8, 4) is 0 Å². The van der Waals surface area contributed by atoms with Crippen molar-refractivity contribution in [3.63, 3.8) is 0 Å². The average Bonchev–Trinajstić information content (AvgIpc) is 3.36. The van der Waals surface area contributed by atoms with Gasteiger partial charge in [0.15, 0.2) is 0 Å². The SMILES string of the molecule is CC(C)(C)C1CCC2(CC1)NC(=O)N(CC(=O)Nc1ccc(C(=O)NC3CCCC3)cc1)C2=O. The average molecular weight is 469 g/mol. The maximum Gasteiger partial charge on any atom is 0.325 e. The highest BCUT2D eigenvalue weighted by Gasteiger charge is 2.53. The number of nitrogens with one attached hydrogen (secondary N) is 3. The van der Waals surface area contributed by atoms with Gasteiger partial charge in [0.2, 0.25) is 5.91 Å². The van der Waals surface area contributed by atoms with Crippen LogP contribution in [0.5, 0.6) is 0 Å². The maximum absolute atomic E-state index is 13.1. The lowest BCUT2D eigenvalue weighted by Crippen LogP contribution is -2.50. The highest BCUT2D eigenvalue weighted by molar-refractivity contribution is 6.10. The van der Waals surface area contributed by atoms with Crippen LogP contribution >= 0.6 is 0 Å². The molecule has 1 aromatic rings. The van der Waals surface area contributed by atoms with Gasteiger partial charge in [-0.1, -0.05) is 33.6 Å². The normalized spacial score (nSPS) is 25.5. The summed E-state index contributed by atoms with van der Waals surface area (Å²) >= 11 is 0. The molecule has 0 unspecified atom stereocenters. The molecule has 1 heterocycles. The summed E-state index contributed by atoms with van der Waals surface area (Å²) in [6, 6.07) is 6.37. The van der Waals surface area contributed by atoms with E-state index in [0.717, 1.165) is 43.4 Å². The quantitative estimate of drug-likeness (QED) is 0.571. The van der Waals surface area contributed by atoms with Crippen LogP contribution in [0.1, 0.15) is 82.5 Å². The van der Waals surface area contributed by atoms with E-state index in [9.17, 15) is 19.2 Å². The molecule has 0 atom stereocenters. The van der Waals surface area contributed by atoms with Gasteiger partial charge in [-0.3, -0.25) is 19.3 Å². The topological polar surface area (TPSA) is 108 Å². The summed E-state index contributed by atoms with van der Waals surface area (Å²) < 4.78 is 0. The molecule has 2 aliphatic carbocycles. The molecular weight excluding hydrogens is 432 g/mol. The van der Waals surface area contributed by atoms with Crippen LogP contribution in [0.3, 0.4) is 0 Å². The minimum atomic E-state index is -0.882. The Morgan fingerprint density at radius 1 is 1.03 bits per heavy atom. The molecule has 4 rings (SSSR count). The fourth-order valence-electron chi connectivity index (χ4n) is 5.52. The van der Waals surface area contributed by atoms with Gasteiger partial charge >= 0.3 is 6.03 Å². The van der Waals surface area contributed by atoms with E-state index in [4.69, 9.17) is 0 Å². The zero-order valence-corrected chi connectivity index (χ0v) is 20.4. The van der Waals surface area contributed by atoms with Crippen LogP contribution in [-0.4, -0.2) is 46.8 Å². The molecule has 3 aliphatic rings. The molecule has 2 saturated carbocycles. The number of carbonyl (C=O) groups excluding carboxylic acids is 4. The summed E-state index contributed by atoms with van der Waals surface area (Å²) in [6.07, 6.45) is 7.26. The third-order valence-electron chi connectivity index (χ3n) is 7.73. The molecule has 0 bridgehead atoms. The van der Waals surface area contributed by atoms with Crippen LogP contribution in [0.25, 0.3) is 0 Å². The van der Waals surface area contributed by atoms with E-state index in [1.807, 2.05) is 0 Å². The molecule has 1 saturated heterocycles. The monoisotopic (exact) mass is 468 g/mol. The van der Waals surface area contributed by atoms with Crippen LogP contribution in [0.15, 0.2) is 24.3 Å². The molecule has 3 fully saturated rings. The van der Waals surface area contributed by atoms with E-state index < -0.39 is 17.5 Å². The highest BCUT2D eigenvalue weighted by atomic mass is 16.2. The number of imide groups is 1.